The van der Waals surface area contributed by atoms with Gasteiger partial charge in [0.05, 0.1) is 17.1 Å². The topological polar surface area (TPSA) is 119 Å². The van der Waals surface area contributed by atoms with Crippen LogP contribution >= 0.6 is 0 Å². The number of phenols is 1. The number of carbonyl (C=O) groups excluding carboxylic acids is 2. The van der Waals surface area contributed by atoms with E-state index >= 15 is 0 Å². The van der Waals surface area contributed by atoms with Gasteiger partial charge in [-0.25, -0.2) is 4.79 Å². The minimum absolute atomic E-state index is 0.0964. The number of benzene rings is 1. The standard InChI is InChI=1S/C21H24N2O6/c1-5-29-20(26)17-11(2)22-13-9-21(3,4)10-16(25)19(13)18(17)12-6-7-14(23(27)28)15(24)8-12/h6-8,18,22,24H,5,9-10H2,1-4H3/t18-/m0/s1. The van der Waals surface area contributed by atoms with Crippen molar-refractivity contribution in [1.82, 2.24) is 5.32 Å². The highest BCUT2D eigenvalue weighted by Crippen LogP contribution is 2.47. The van der Waals surface area contributed by atoms with Crippen molar-refractivity contribution in [1.29, 1.82) is 0 Å². The van der Waals surface area contributed by atoms with Crippen LogP contribution in [-0.2, 0) is 14.3 Å². The first-order valence-corrected chi connectivity index (χ1v) is 9.44. The molecule has 0 aromatic heterocycles. The molecule has 0 saturated heterocycles. The molecule has 0 radical (unpaired) electrons. The smallest absolute Gasteiger partial charge is 0.336 e. The zero-order valence-electron chi connectivity index (χ0n) is 16.9. The minimum atomic E-state index is -0.763. The summed E-state index contributed by atoms with van der Waals surface area (Å²) < 4.78 is 5.21. The molecule has 0 amide bonds. The molecule has 0 unspecified atom stereocenters. The first-order valence-electron chi connectivity index (χ1n) is 9.44. The van der Waals surface area contributed by atoms with Crippen LogP contribution in [0, 0.1) is 15.5 Å². The van der Waals surface area contributed by atoms with Crippen LogP contribution in [0.2, 0.25) is 0 Å². The molecule has 0 fully saturated rings. The molecule has 1 aromatic rings. The number of carbonyl (C=O) groups is 2. The van der Waals surface area contributed by atoms with Crippen LogP contribution in [-0.4, -0.2) is 28.4 Å². The molecule has 8 nitrogen and oxygen atoms in total. The summed E-state index contributed by atoms with van der Waals surface area (Å²) in [6, 6.07) is 3.90. The summed E-state index contributed by atoms with van der Waals surface area (Å²) in [5.41, 5.74) is 1.78. The number of nitro groups is 1. The predicted molar refractivity (Wildman–Crippen MR) is 105 cm³/mol. The lowest BCUT2D eigenvalue weighted by Gasteiger charge is -2.39. The third kappa shape index (κ3) is 3.74. The molecule has 8 heteroatoms. The van der Waals surface area contributed by atoms with Crippen molar-refractivity contribution in [3.8, 4) is 5.75 Å². The normalized spacial score (nSPS) is 20.8. The molecule has 2 aliphatic rings. The van der Waals surface area contributed by atoms with Gasteiger partial charge in [0, 0.05) is 35.4 Å². The van der Waals surface area contributed by atoms with Gasteiger partial charge in [-0.1, -0.05) is 19.9 Å². The fraction of sp³-hybridized carbons (Fsp3) is 0.429. The second-order valence-electron chi connectivity index (χ2n) is 8.16. The van der Waals surface area contributed by atoms with Crippen LogP contribution in [0.5, 0.6) is 5.75 Å². The van der Waals surface area contributed by atoms with E-state index in [1.165, 1.54) is 18.2 Å². The molecule has 1 aromatic carbocycles. The van der Waals surface area contributed by atoms with Gasteiger partial charge in [0.1, 0.15) is 0 Å². The highest BCUT2D eigenvalue weighted by atomic mass is 16.6. The lowest BCUT2D eigenvalue weighted by Crippen LogP contribution is -2.38. The molecule has 1 aliphatic heterocycles. The van der Waals surface area contributed by atoms with Gasteiger partial charge in [-0.3, -0.25) is 14.9 Å². The quantitative estimate of drug-likeness (QED) is 0.451. The Kier molecular flexibility index (Phi) is 5.21. The number of nitrogens with zero attached hydrogens (tertiary/aromatic N) is 1. The summed E-state index contributed by atoms with van der Waals surface area (Å²) in [4.78, 5) is 36.2. The van der Waals surface area contributed by atoms with Crippen LogP contribution in [0.3, 0.4) is 0 Å². The molecule has 2 N–H and O–H groups in total. The number of dihydropyridines is 1. The number of ketones is 1. The molecular weight excluding hydrogens is 376 g/mol. The van der Waals surface area contributed by atoms with Crippen molar-refractivity contribution in [3.63, 3.8) is 0 Å². The molecular formula is C21H24N2O6. The second-order valence-corrected chi connectivity index (χ2v) is 8.16. The van der Waals surface area contributed by atoms with E-state index in [2.05, 4.69) is 5.32 Å². The summed E-state index contributed by atoms with van der Waals surface area (Å²) in [6.07, 6.45) is 0.940. The lowest BCUT2D eigenvalue weighted by atomic mass is 9.68. The van der Waals surface area contributed by atoms with Crippen molar-refractivity contribution in [3.05, 3.63) is 56.4 Å². The zero-order chi connectivity index (χ0) is 21.5. The van der Waals surface area contributed by atoms with Crippen LogP contribution < -0.4 is 5.32 Å². The fourth-order valence-electron chi connectivity index (χ4n) is 4.12. The Labute approximate surface area is 168 Å². The molecule has 3 rings (SSSR count). The summed E-state index contributed by atoms with van der Waals surface area (Å²) in [5, 5.41) is 24.4. The summed E-state index contributed by atoms with van der Waals surface area (Å²) in [5.74, 6) is -1.94. The van der Waals surface area contributed by atoms with E-state index in [9.17, 15) is 24.8 Å². The van der Waals surface area contributed by atoms with Gasteiger partial charge in [0.25, 0.3) is 0 Å². The van der Waals surface area contributed by atoms with E-state index in [0.717, 1.165) is 5.70 Å². The van der Waals surface area contributed by atoms with E-state index in [0.29, 0.717) is 29.7 Å². The number of Topliss-reactive ketones (excluding diaryl/α,β-unsaturated/α-hetero) is 1. The number of esters is 1. The number of hydrogen-bond donors (Lipinski definition) is 2. The van der Waals surface area contributed by atoms with Crippen molar-refractivity contribution in [2.75, 3.05) is 6.61 Å². The summed E-state index contributed by atoms with van der Waals surface area (Å²) in [6.45, 7) is 7.60. The van der Waals surface area contributed by atoms with Crippen LogP contribution in [0.1, 0.15) is 52.0 Å². The van der Waals surface area contributed by atoms with E-state index in [1.807, 2.05) is 13.8 Å². The average Bonchev–Trinajstić information content (AvgIpc) is 2.59. The SMILES string of the molecule is CCOC(=O)C1=C(C)NC2=C(C(=O)CC(C)(C)C2)[C@H]1c1ccc([N+](=O)[O-])c(O)c1. The maximum atomic E-state index is 13.1. The highest BCUT2D eigenvalue weighted by Gasteiger charge is 2.43. The maximum absolute atomic E-state index is 13.1. The molecule has 1 aliphatic carbocycles. The number of rotatable bonds is 4. The van der Waals surface area contributed by atoms with Gasteiger partial charge in [0.15, 0.2) is 11.5 Å². The molecule has 154 valence electrons. The highest BCUT2D eigenvalue weighted by molar-refractivity contribution is 6.04. The minimum Gasteiger partial charge on any atom is -0.502 e. The van der Waals surface area contributed by atoms with Gasteiger partial charge in [-0.2, -0.15) is 0 Å². The number of aromatic hydroxyl groups is 1. The molecule has 29 heavy (non-hydrogen) atoms. The number of hydrogen-bond acceptors (Lipinski definition) is 7. The molecule has 0 spiro atoms. The fourth-order valence-corrected chi connectivity index (χ4v) is 4.12. The summed E-state index contributed by atoms with van der Waals surface area (Å²) in [7, 11) is 0. The maximum Gasteiger partial charge on any atom is 0.336 e. The van der Waals surface area contributed by atoms with Crippen molar-refractivity contribution in [2.45, 2.75) is 46.5 Å². The lowest BCUT2D eigenvalue weighted by molar-refractivity contribution is -0.385. The van der Waals surface area contributed by atoms with Crippen LogP contribution in [0.4, 0.5) is 5.69 Å². The monoisotopic (exact) mass is 400 g/mol. The van der Waals surface area contributed by atoms with Gasteiger partial charge in [-0.05, 0) is 37.3 Å². The third-order valence-electron chi connectivity index (χ3n) is 5.26. The van der Waals surface area contributed by atoms with Crippen LogP contribution in [0.15, 0.2) is 40.7 Å². The Bertz CT molecular complexity index is 973. The molecule has 1 atom stereocenters. The number of nitro benzene ring substituents is 1. The average molecular weight is 400 g/mol. The van der Waals surface area contributed by atoms with Crippen LogP contribution in [0.25, 0.3) is 0 Å². The Morgan fingerprint density at radius 3 is 2.66 bits per heavy atom. The predicted octanol–water partition coefficient (Wildman–Crippen LogP) is 3.47. The first-order chi connectivity index (χ1) is 13.6. The van der Waals surface area contributed by atoms with E-state index in [4.69, 9.17) is 4.74 Å². The molecule has 0 saturated carbocycles. The summed E-state index contributed by atoms with van der Waals surface area (Å²) >= 11 is 0. The van der Waals surface area contributed by atoms with E-state index in [1.54, 1.807) is 13.8 Å². The number of nitrogens with one attached hydrogen (secondary N) is 1. The second kappa shape index (κ2) is 7.35. The van der Waals surface area contributed by atoms with E-state index in [-0.39, 0.29) is 23.4 Å². The van der Waals surface area contributed by atoms with E-state index < -0.39 is 28.2 Å². The van der Waals surface area contributed by atoms with Gasteiger partial charge in [-0.15, -0.1) is 0 Å². The molecule has 1 heterocycles. The number of allylic oxidation sites excluding steroid dienone is 3. The van der Waals surface area contributed by atoms with Gasteiger partial charge in [0.2, 0.25) is 0 Å². The van der Waals surface area contributed by atoms with Crippen molar-refractivity contribution >= 4 is 17.4 Å². The zero-order valence-corrected chi connectivity index (χ0v) is 16.9. The van der Waals surface area contributed by atoms with Gasteiger partial charge >= 0.3 is 11.7 Å². The largest absolute Gasteiger partial charge is 0.502 e. The Balaban J connectivity index is 2.20. The van der Waals surface area contributed by atoms with Gasteiger partial charge < -0.3 is 15.2 Å². The Morgan fingerprint density at radius 2 is 2.07 bits per heavy atom. The number of ether oxygens (including phenoxy) is 1. The Hall–Kier alpha value is -3.16. The molecule has 0 bridgehead atoms. The third-order valence-corrected chi connectivity index (χ3v) is 5.26. The Morgan fingerprint density at radius 1 is 1.38 bits per heavy atom. The number of phenolic OH excluding ortho intramolecular Hbond substituents is 1. The van der Waals surface area contributed by atoms with Crippen molar-refractivity contribution in [2.24, 2.45) is 5.41 Å². The van der Waals surface area contributed by atoms with Crippen molar-refractivity contribution < 1.29 is 24.4 Å². The first kappa shape index (κ1) is 20.6.